The number of esters is 3. The molecule has 12 heteroatoms. The Morgan fingerprint density at radius 2 is 0.684 bits per heavy atom. The Kier molecular flexibility index (Phi) is 55.3. The molecule has 0 bridgehead atoms. The van der Waals surface area contributed by atoms with Gasteiger partial charge in [0.2, 0.25) is 0 Å². The van der Waals surface area contributed by atoms with Crippen LogP contribution < -0.4 is 0 Å². The summed E-state index contributed by atoms with van der Waals surface area (Å²) in [5, 5.41) is 9.84. The highest BCUT2D eigenvalue weighted by atomic mass is 31.2. The number of phosphoric ester groups is 1. The standard InChI is InChI=1S/C64H111O11P/c1-4-7-10-13-16-19-22-25-28-30-33-36-39-42-45-48-51-54-63(67)74-60(56-65)58-72-76(69,70)73-59-61(57-71-62(66)53-50-47-44-41-38-35-32-27-24-21-18-15-12-9-6-3)75-64(68)55-52-49-46-43-40-37-34-31-29-26-23-20-17-14-11-8-5-2/h8-9,11-12,17-18,20-21,25-29,32,60-61,65H,4-7,10,13-16,19,22-24,30-31,33-59H2,1-3H3,(H,69,70)/b11-8-,12-9-,20-17-,21-18-,28-25-,29-26-,32-27-. The molecule has 0 saturated carbocycles. The van der Waals surface area contributed by atoms with E-state index >= 15 is 0 Å². The highest BCUT2D eigenvalue weighted by Gasteiger charge is 2.28. The van der Waals surface area contributed by atoms with E-state index in [0.29, 0.717) is 19.3 Å². The summed E-state index contributed by atoms with van der Waals surface area (Å²) in [5.74, 6) is -1.50. The topological polar surface area (TPSA) is 155 Å². The van der Waals surface area contributed by atoms with Crippen LogP contribution >= 0.6 is 7.82 Å². The van der Waals surface area contributed by atoms with Crippen LogP contribution in [0, 0.1) is 0 Å². The second-order valence-electron chi connectivity index (χ2n) is 20.1. The fourth-order valence-corrected chi connectivity index (χ4v) is 8.99. The Balaban J connectivity index is 4.73. The maximum atomic E-state index is 12.9. The smallest absolute Gasteiger partial charge is 0.462 e. The van der Waals surface area contributed by atoms with Crippen LogP contribution in [0.3, 0.4) is 0 Å². The lowest BCUT2D eigenvalue weighted by molar-refractivity contribution is -0.161. The van der Waals surface area contributed by atoms with Crippen molar-refractivity contribution >= 4 is 25.7 Å². The van der Waals surface area contributed by atoms with Gasteiger partial charge in [0.1, 0.15) is 12.7 Å². The van der Waals surface area contributed by atoms with E-state index in [0.717, 1.165) is 135 Å². The number of ether oxygens (including phenoxy) is 3. The normalized spacial score (nSPS) is 13.9. The molecule has 3 unspecified atom stereocenters. The summed E-state index contributed by atoms with van der Waals surface area (Å²) >= 11 is 0. The van der Waals surface area contributed by atoms with Crippen LogP contribution in [-0.4, -0.2) is 66.5 Å². The largest absolute Gasteiger partial charge is 0.472 e. The molecule has 11 nitrogen and oxygen atoms in total. The van der Waals surface area contributed by atoms with Crippen LogP contribution in [0.1, 0.15) is 265 Å². The van der Waals surface area contributed by atoms with Gasteiger partial charge in [0.05, 0.1) is 19.8 Å². The minimum atomic E-state index is -4.76. The molecular weight excluding hydrogens is 976 g/mol. The molecule has 76 heavy (non-hydrogen) atoms. The maximum absolute atomic E-state index is 12.9. The van der Waals surface area contributed by atoms with Crippen LogP contribution in [0.2, 0.25) is 0 Å². The molecule has 0 aliphatic carbocycles. The summed E-state index contributed by atoms with van der Waals surface area (Å²) in [5.41, 5.74) is 0. The average Bonchev–Trinajstić information content (AvgIpc) is 3.41. The minimum absolute atomic E-state index is 0.149. The van der Waals surface area contributed by atoms with Crippen molar-refractivity contribution in [3.63, 3.8) is 0 Å². The van der Waals surface area contributed by atoms with E-state index in [4.69, 9.17) is 23.3 Å². The molecule has 0 aromatic heterocycles. The van der Waals surface area contributed by atoms with Gasteiger partial charge in [0.15, 0.2) is 6.10 Å². The zero-order valence-corrected chi connectivity index (χ0v) is 49.3. The van der Waals surface area contributed by atoms with E-state index in [1.54, 1.807) is 0 Å². The number of allylic oxidation sites excluding steroid dienone is 14. The van der Waals surface area contributed by atoms with Gasteiger partial charge in [-0.3, -0.25) is 23.4 Å². The molecule has 0 spiro atoms. The second-order valence-corrected chi connectivity index (χ2v) is 21.6. The Bertz CT molecular complexity index is 1600. The molecule has 0 amide bonds. The first kappa shape index (κ1) is 72.7. The van der Waals surface area contributed by atoms with Gasteiger partial charge in [-0.1, -0.05) is 221 Å². The zero-order chi connectivity index (χ0) is 55.5. The molecule has 0 aromatic rings. The molecule has 0 aliphatic rings. The van der Waals surface area contributed by atoms with Crippen molar-refractivity contribution in [1.29, 1.82) is 0 Å². The van der Waals surface area contributed by atoms with E-state index in [1.807, 2.05) is 0 Å². The van der Waals surface area contributed by atoms with E-state index in [9.17, 15) is 28.9 Å². The Morgan fingerprint density at radius 3 is 1.07 bits per heavy atom. The van der Waals surface area contributed by atoms with Crippen molar-refractivity contribution < 1.29 is 52.2 Å². The molecule has 0 aromatic carbocycles. The molecule has 0 fully saturated rings. The summed E-state index contributed by atoms with van der Waals surface area (Å²) in [6.07, 6.45) is 66.7. The van der Waals surface area contributed by atoms with Gasteiger partial charge in [-0.15, -0.1) is 0 Å². The number of phosphoric acid groups is 1. The molecule has 0 heterocycles. The first-order valence-electron chi connectivity index (χ1n) is 30.5. The number of rotatable bonds is 56. The van der Waals surface area contributed by atoms with Gasteiger partial charge < -0.3 is 24.2 Å². The fraction of sp³-hybridized carbons (Fsp3) is 0.734. The first-order valence-corrected chi connectivity index (χ1v) is 32.0. The highest BCUT2D eigenvalue weighted by molar-refractivity contribution is 7.47. The number of aliphatic hydroxyl groups excluding tert-OH is 1. The quantitative estimate of drug-likeness (QED) is 0.0197. The molecule has 0 rings (SSSR count). The van der Waals surface area contributed by atoms with Crippen molar-refractivity contribution in [3.8, 4) is 0 Å². The first-order chi connectivity index (χ1) is 37.2. The third-order valence-corrected chi connectivity index (χ3v) is 13.7. The van der Waals surface area contributed by atoms with Crippen molar-refractivity contribution in [2.75, 3.05) is 26.4 Å². The number of hydrogen-bond acceptors (Lipinski definition) is 10. The maximum Gasteiger partial charge on any atom is 0.472 e. The molecule has 0 aliphatic heterocycles. The molecule has 438 valence electrons. The zero-order valence-electron chi connectivity index (χ0n) is 48.5. The number of aliphatic hydroxyl groups is 1. The van der Waals surface area contributed by atoms with E-state index in [1.165, 1.54) is 70.6 Å². The predicted molar refractivity (Wildman–Crippen MR) is 316 cm³/mol. The van der Waals surface area contributed by atoms with E-state index in [2.05, 4.69) is 106 Å². The molecular formula is C64H111O11P. The number of hydrogen-bond donors (Lipinski definition) is 2. The van der Waals surface area contributed by atoms with Crippen molar-refractivity contribution in [3.05, 3.63) is 85.1 Å². The molecule has 0 saturated heterocycles. The van der Waals surface area contributed by atoms with E-state index < -0.39 is 57.8 Å². The van der Waals surface area contributed by atoms with E-state index in [-0.39, 0.29) is 25.9 Å². The lowest BCUT2D eigenvalue weighted by atomic mass is 10.1. The Labute approximate surface area is 464 Å². The number of carbonyl (C=O) groups excluding carboxylic acids is 3. The third-order valence-electron chi connectivity index (χ3n) is 12.8. The fourth-order valence-electron chi connectivity index (χ4n) is 8.20. The predicted octanol–water partition coefficient (Wildman–Crippen LogP) is 18.3. The SMILES string of the molecule is CC/C=C\C/C=C\C/C=C\CCCCCCCCCC(=O)OC(COC(=O)CCCCCCC/C=C\C/C=C\C/C=C\CC)COP(=O)(O)OCC(CO)OC(=O)CCCCCCCCC/C=C\CCCCCCCC. The summed E-state index contributed by atoms with van der Waals surface area (Å²) in [6.45, 7) is 4.40. The van der Waals surface area contributed by atoms with Crippen LogP contribution in [-0.2, 0) is 42.2 Å². The Hall–Kier alpha value is -3.34. The monoisotopic (exact) mass is 1090 g/mol. The second kappa shape index (κ2) is 57.8. The van der Waals surface area contributed by atoms with Crippen molar-refractivity contribution in [1.82, 2.24) is 0 Å². The molecule has 3 atom stereocenters. The minimum Gasteiger partial charge on any atom is -0.462 e. The van der Waals surface area contributed by atoms with Crippen LogP contribution in [0.15, 0.2) is 85.1 Å². The van der Waals surface area contributed by atoms with Gasteiger partial charge in [-0.25, -0.2) is 4.57 Å². The van der Waals surface area contributed by atoms with Gasteiger partial charge in [-0.2, -0.15) is 0 Å². The molecule has 0 radical (unpaired) electrons. The van der Waals surface area contributed by atoms with Gasteiger partial charge in [0.25, 0.3) is 0 Å². The summed E-state index contributed by atoms with van der Waals surface area (Å²) in [7, 11) is -4.76. The highest BCUT2D eigenvalue weighted by Crippen LogP contribution is 2.43. The van der Waals surface area contributed by atoms with Gasteiger partial charge >= 0.3 is 25.7 Å². The van der Waals surface area contributed by atoms with Crippen LogP contribution in [0.25, 0.3) is 0 Å². The number of carbonyl (C=O) groups is 3. The molecule has 2 N–H and O–H groups in total. The van der Waals surface area contributed by atoms with Crippen molar-refractivity contribution in [2.45, 2.75) is 277 Å². The summed E-state index contributed by atoms with van der Waals surface area (Å²) in [4.78, 5) is 48.7. The van der Waals surface area contributed by atoms with Crippen LogP contribution in [0.4, 0.5) is 0 Å². The summed E-state index contributed by atoms with van der Waals surface area (Å²) in [6, 6.07) is 0. The lowest BCUT2D eigenvalue weighted by Gasteiger charge is -2.21. The lowest BCUT2D eigenvalue weighted by Crippen LogP contribution is -2.30. The van der Waals surface area contributed by atoms with Gasteiger partial charge in [0, 0.05) is 19.3 Å². The third kappa shape index (κ3) is 55.4. The van der Waals surface area contributed by atoms with Crippen molar-refractivity contribution in [2.24, 2.45) is 0 Å². The summed E-state index contributed by atoms with van der Waals surface area (Å²) < 4.78 is 39.6. The van der Waals surface area contributed by atoms with Gasteiger partial charge in [-0.05, 0) is 109 Å². The average molecular weight is 1090 g/mol. The Morgan fingerprint density at radius 1 is 0.382 bits per heavy atom. The number of unbranched alkanes of at least 4 members (excludes halogenated alkanes) is 25. The van der Waals surface area contributed by atoms with Crippen LogP contribution in [0.5, 0.6) is 0 Å².